The third-order valence-corrected chi connectivity index (χ3v) is 3.28. The zero-order chi connectivity index (χ0) is 19.7. The molecule has 11 heteroatoms. The van der Waals surface area contributed by atoms with E-state index in [0.29, 0.717) is 12.1 Å². The minimum absolute atomic E-state index is 0.0787. The number of aromatic nitrogens is 2. The predicted molar refractivity (Wildman–Crippen MR) is 80.1 cm³/mol. The number of alkyl halides is 6. The van der Waals surface area contributed by atoms with Crippen LogP contribution < -0.4 is 10.2 Å². The smallest absolute Gasteiger partial charge is 0.363 e. The predicted octanol–water partition coefficient (Wildman–Crippen LogP) is 4.33. The average Bonchev–Trinajstić information content (AvgIpc) is 2.51. The van der Waals surface area contributed by atoms with E-state index in [-0.39, 0.29) is 11.4 Å². The Kier molecular flexibility index (Phi) is 5.28. The first-order chi connectivity index (χ1) is 11.9. The van der Waals surface area contributed by atoms with Crippen LogP contribution in [0.1, 0.15) is 16.8 Å². The third kappa shape index (κ3) is 4.73. The summed E-state index contributed by atoms with van der Waals surface area (Å²) in [5, 5.41) is 2.33. The second kappa shape index (κ2) is 6.96. The Bertz CT molecular complexity index is 785. The highest BCUT2D eigenvalue weighted by Crippen LogP contribution is 2.33. The van der Waals surface area contributed by atoms with E-state index in [9.17, 15) is 30.7 Å². The number of hydrogen-bond acceptors (Lipinski definition) is 4. The van der Waals surface area contributed by atoms with E-state index in [1.165, 1.54) is 19.0 Å². The van der Waals surface area contributed by atoms with Crippen molar-refractivity contribution in [3.05, 3.63) is 46.9 Å². The molecule has 2 aromatic rings. The summed E-state index contributed by atoms with van der Waals surface area (Å²) in [6.45, 7) is -0.538. The van der Waals surface area contributed by atoms with Gasteiger partial charge in [-0.1, -0.05) is 6.07 Å². The first kappa shape index (κ1) is 19.7. The van der Waals surface area contributed by atoms with Crippen LogP contribution in [0, 0.1) is 5.82 Å². The molecule has 1 aromatic carbocycles. The fraction of sp³-hybridized carbons (Fsp3) is 0.333. The van der Waals surface area contributed by atoms with Crippen LogP contribution in [0.25, 0.3) is 0 Å². The van der Waals surface area contributed by atoms with Gasteiger partial charge in [0.25, 0.3) is 0 Å². The minimum Gasteiger partial charge on any atom is -0.363 e. The largest absolute Gasteiger partial charge is 0.433 e. The van der Waals surface area contributed by atoms with Crippen molar-refractivity contribution in [2.75, 3.05) is 24.3 Å². The first-order valence-corrected chi connectivity index (χ1v) is 7.11. The molecule has 0 atom stereocenters. The Hall–Kier alpha value is -2.59. The molecule has 0 amide bonds. The van der Waals surface area contributed by atoms with Crippen molar-refractivity contribution < 1.29 is 30.7 Å². The van der Waals surface area contributed by atoms with E-state index in [2.05, 4.69) is 15.3 Å². The van der Waals surface area contributed by atoms with Gasteiger partial charge in [0.2, 0.25) is 5.95 Å². The average molecular weight is 382 g/mol. The van der Waals surface area contributed by atoms with Crippen LogP contribution in [0.15, 0.2) is 24.3 Å². The van der Waals surface area contributed by atoms with Gasteiger partial charge in [0, 0.05) is 26.7 Å². The second-order valence-electron chi connectivity index (χ2n) is 5.48. The fourth-order valence-corrected chi connectivity index (χ4v) is 2.03. The molecule has 2 rings (SSSR count). The molecule has 26 heavy (non-hydrogen) atoms. The van der Waals surface area contributed by atoms with E-state index in [0.717, 1.165) is 12.1 Å². The summed E-state index contributed by atoms with van der Waals surface area (Å²) in [6, 6.07) is 2.75. The number of hydrogen-bond donors (Lipinski definition) is 1. The fourth-order valence-electron chi connectivity index (χ4n) is 2.03. The van der Waals surface area contributed by atoms with Crippen LogP contribution in [-0.4, -0.2) is 24.1 Å². The van der Waals surface area contributed by atoms with E-state index in [1.807, 2.05) is 0 Å². The van der Waals surface area contributed by atoms with Gasteiger partial charge < -0.3 is 10.2 Å². The summed E-state index contributed by atoms with van der Waals surface area (Å²) >= 11 is 0. The molecule has 4 nitrogen and oxygen atoms in total. The Morgan fingerprint density at radius 1 is 0.962 bits per heavy atom. The Labute approximate surface area is 143 Å². The summed E-state index contributed by atoms with van der Waals surface area (Å²) < 4.78 is 90.7. The molecule has 0 saturated heterocycles. The molecule has 142 valence electrons. The van der Waals surface area contributed by atoms with Crippen molar-refractivity contribution in [3.8, 4) is 0 Å². The molecular formula is C15H13F7N4. The van der Waals surface area contributed by atoms with Gasteiger partial charge in [0.1, 0.15) is 11.6 Å². The maximum absolute atomic E-state index is 13.1. The highest BCUT2D eigenvalue weighted by atomic mass is 19.4. The van der Waals surface area contributed by atoms with Crippen molar-refractivity contribution in [1.82, 2.24) is 9.97 Å². The van der Waals surface area contributed by atoms with E-state index in [4.69, 9.17) is 0 Å². The Morgan fingerprint density at radius 3 is 2.15 bits per heavy atom. The molecular weight excluding hydrogens is 369 g/mol. The number of nitrogens with zero attached hydrogens (tertiary/aromatic N) is 3. The lowest BCUT2D eigenvalue weighted by Crippen LogP contribution is -2.18. The molecule has 0 aliphatic heterocycles. The number of halogens is 7. The van der Waals surface area contributed by atoms with E-state index < -0.39 is 41.9 Å². The lowest BCUT2D eigenvalue weighted by Gasteiger charge is -2.17. The van der Waals surface area contributed by atoms with Crippen molar-refractivity contribution in [1.29, 1.82) is 0 Å². The van der Waals surface area contributed by atoms with E-state index >= 15 is 0 Å². The topological polar surface area (TPSA) is 41.1 Å². The normalized spacial score (nSPS) is 12.2. The summed E-state index contributed by atoms with van der Waals surface area (Å²) in [6.07, 6.45) is -9.57. The molecule has 0 aliphatic carbocycles. The lowest BCUT2D eigenvalue weighted by atomic mass is 10.1. The van der Waals surface area contributed by atoms with Crippen LogP contribution in [0.5, 0.6) is 0 Å². The van der Waals surface area contributed by atoms with Crippen molar-refractivity contribution in [3.63, 3.8) is 0 Å². The Balaban J connectivity index is 2.34. The van der Waals surface area contributed by atoms with Crippen LogP contribution in [0.3, 0.4) is 0 Å². The number of anilines is 2. The number of nitrogens with one attached hydrogen (secondary N) is 1. The van der Waals surface area contributed by atoms with Crippen molar-refractivity contribution in [2.24, 2.45) is 0 Å². The summed E-state index contributed by atoms with van der Waals surface area (Å²) in [7, 11) is 2.90. The first-order valence-electron chi connectivity index (χ1n) is 7.11. The van der Waals surface area contributed by atoms with Gasteiger partial charge >= 0.3 is 12.4 Å². The maximum Gasteiger partial charge on any atom is 0.433 e. The van der Waals surface area contributed by atoms with Gasteiger partial charge in [-0.2, -0.15) is 31.3 Å². The Morgan fingerprint density at radius 2 is 1.62 bits per heavy atom. The molecule has 1 aromatic heterocycles. The van der Waals surface area contributed by atoms with Crippen LogP contribution in [0.4, 0.5) is 42.5 Å². The van der Waals surface area contributed by atoms with Gasteiger partial charge in [0.15, 0.2) is 5.69 Å². The van der Waals surface area contributed by atoms with Crippen molar-refractivity contribution in [2.45, 2.75) is 18.9 Å². The van der Waals surface area contributed by atoms with E-state index in [1.54, 1.807) is 0 Å². The highest BCUT2D eigenvalue weighted by molar-refractivity contribution is 5.45. The molecule has 0 aliphatic rings. The molecule has 0 unspecified atom stereocenters. The van der Waals surface area contributed by atoms with Crippen LogP contribution in [0.2, 0.25) is 0 Å². The van der Waals surface area contributed by atoms with Crippen LogP contribution >= 0.6 is 0 Å². The SMILES string of the molecule is CN(C)c1cc(C(F)(F)F)nc(NCc2ccc(F)cc2C(F)(F)F)n1. The molecule has 0 bridgehead atoms. The number of rotatable bonds is 4. The van der Waals surface area contributed by atoms with Crippen molar-refractivity contribution >= 4 is 11.8 Å². The molecule has 1 N–H and O–H groups in total. The maximum atomic E-state index is 13.1. The summed E-state index contributed by atoms with van der Waals surface area (Å²) in [5.41, 5.74) is -2.83. The quantitative estimate of drug-likeness (QED) is 0.800. The molecule has 1 heterocycles. The monoisotopic (exact) mass is 382 g/mol. The number of benzene rings is 1. The zero-order valence-corrected chi connectivity index (χ0v) is 13.5. The summed E-state index contributed by atoms with van der Waals surface area (Å²) in [5.74, 6) is -1.66. The highest BCUT2D eigenvalue weighted by Gasteiger charge is 2.35. The second-order valence-corrected chi connectivity index (χ2v) is 5.48. The van der Waals surface area contributed by atoms with Gasteiger partial charge in [-0.05, 0) is 17.7 Å². The summed E-state index contributed by atoms with van der Waals surface area (Å²) in [4.78, 5) is 8.39. The standard InChI is InChI=1S/C15H13F7N4/c1-26(2)12-6-11(15(20,21)22)24-13(25-12)23-7-8-3-4-9(16)5-10(8)14(17,18)19/h3-6H,7H2,1-2H3,(H,23,24,25). The minimum atomic E-state index is -4.82. The van der Waals surface area contributed by atoms with Gasteiger partial charge in [-0.25, -0.2) is 9.37 Å². The molecule has 0 radical (unpaired) electrons. The third-order valence-electron chi connectivity index (χ3n) is 3.28. The van der Waals surface area contributed by atoms with Crippen LogP contribution in [-0.2, 0) is 18.9 Å². The van der Waals surface area contributed by atoms with Gasteiger partial charge in [-0.3, -0.25) is 0 Å². The van der Waals surface area contributed by atoms with Gasteiger partial charge in [-0.15, -0.1) is 0 Å². The zero-order valence-electron chi connectivity index (χ0n) is 13.5. The molecule has 0 spiro atoms. The molecule has 0 saturated carbocycles. The lowest BCUT2D eigenvalue weighted by molar-refractivity contribution is -0.141. The molecule has 0 fully saturated rings. The van der Waals surface area contributed by atoms with Gasteiger partial charge in [0.05, 0.1) is 5.56 Å².